The van der Waals surface area contributed by atoms with Crippen molar-refractivity contribution in [3.63, 3.8) is 0 Å². The van der Waals surface area contributed by atoms with Crippen molar-refractivity contribution in [1.29, 1.82) is 0 Å². The molecule has 1 aromatic rings. The molecule has 1 heterocycles. The Bertz CT molecular complexity index is 322. The monoisotopic (exact) mass is 220 g/mol. The first-order valence-corrected chi connectivity index (χ1v) is 6.10. The summed E-state index contributed by atoms with van der Waals surface area (Å²) in [7, 11) is 0. The third kappa shape index (κ3) is 2.84. The number of aromatic nitrogens is 2. The fourth-order valence-electron chi connectivity index (χ4n) is 2.29. The average Bonchev–Trinajstić information content (AvgIpc) is 2.48. The van der Waals surface area contributed by atoms with E-state index in [0.717, 1.165) is 0 Å². The highest BCUT2D eigenvalue weighted by atomic mass is 15.1. The predicted molar refractivity (Wildman–Crippen MR) is 66.1 cm³/mol. The van der Waals surface area contributed by atoms with Crippen LogP contribution in [-0.2, 0) is 0 Å². The number of hydrogen-bond acceptors (Lipinski definition) is 4. The summed E-state index contributed by atoms with van der Waals surface area (Å²) in [5.74, 6) is 1.40. The molecule has 0 amide bonds. The van der Waals surface area contributed by atoms with Crippen LogP contribution in [-0.4, -0.2) is 16.0 Å². The van der Waals surface area contributed by atoms with Crippen molar-refractivity contribution >= 4 is 11.6 Å². The minimum atomic E-state index is 0.506. The SMILES string of the molecule is CC1CCCCCC1Nc1ncc(N)cn1. The van der Waals surface area contributed by atoms with Gasteiger partial charge in [-0.2, -0.15) is 0 Å². The van der Waals surface area contributed by atoms with Crippen LogP contribution in [0.3, 0.4) is 0 Å². The average molecular weight is 220 g/mol. The van der Waals surface area contributed by atoms with Gasteiger partial charge in [-0.05, 0) is 18.8 Å². The molecule has 0 saturated heterocycles. The first-order valence-electron chi connectivity index (χ1n) is 6.10. The van der Waals surface area contributed by atoms with Crippen LogP contribution >= 0.6 is 0 Å². The van der Waals surface area contributed by atoms with Crippen LogP contribution < -0.4 is 11.1 Å². The van der Waals surface area contributed by atoms with E-state index in [4.69, 9.17) is 5.73 Å². The summed E-state index contributed by atoms with van der Waals surface area (Å²) in [5, 5.41) is 3.42. The molecule has 1 fully saturated rings. The fourth-order valence-corrected chi connectivity index (χ4v) is 2.29. The van der Waals surface area contributed by atoms with Gasteiger partial charge in [0.15, 0.2) is 0 Å². The van der Waals surface area contributed by atoms with Gasteiger partial charge in [0.1, 0.15) is 0 Å². The third-order valence-corrected chi connectivity index (χ3v) is 3.35. The van der Waals surface area contributed by atoms with Crippen LogP contribution in [0.25, 0.3) is 0 Å². The second-order valence-electron chi connectivity index (χ2n) is 4.71. The van der Waals surface area contributed by atoms with E-state index in [0.29, 0.717) is 23.6 Å². The van der Waals surface area contributed by atoms with Crippen molar-refractivity contribution < 1.29 is 0 Å². The van der Waals surface area contributed by atoms with E-state index < -0.39 is 0 Å². The Morgan fingerprint density at radius 1 is 1.19 bits per heavy atom. The Hall–Kier alpha value is -1.32. The molecule has 1 aliphatic carbocycles. The summed E-state index contributed by atoms with van der Waals surface area (Å²) in [6.07, 6.45) is 9.82. The first kappa shape index (κ1) is 11.2. The van der Waals surface area contributed by atoms with Crippen molar-refractivity contribution in [3.8, 4) is 0 Å². The van der Waals surface area contributed by atoms with Crippen molar-refractivity contribution in [2.45, 2.75) is 45.1 Å². The van der Waals surface area contributed by atoms with E-state index in [9.17, 15) is 0 Å². The third-order valence-electron chi connectivity index (χ3n) is 3.35. The minimum Gasteiger partial charge on any atom is -0.396 e. The van der Waals surface area contributed by atoms with E-state index in [1.54, 1.807) is 12.4 Å². The molecule has 0 radical (unpaired) electrons. The normalized spacial score (nSPS) is 26.1. The number of rotatable bonds is 2. The Morgan fingerprint density at radius 3 is 2.62 bits per heavy atom. The zero-order chi connectivity index (χ0) is 11.4. The van der Waals surface area contributed by atoms with Crippen LogP contribution in [0.1, 0.15) is 39.0 Å². The Labute approximate surface area is 96.7 Å². The number of anilines is 2. The van der Waals surface area contributed by atoms with Crippen LogP contribution in [0.4, 0.5) is 11.6 Å². The van der Waals surface area contributed by atoms with Crippen molar-refractivity contribution in [3.05, 3.63) is 12.4 Å². The van der Waals surface area contributed by atoms with E-state index >= 15 is 0 Å². The molecule has 1 aliphatic rings. The summed E-state index contributed by atoms with van der Waals surface area (Å²) in [5.41, 5.74) is 6.17. The lowest BCUT2D eigenvalue weighted by Crippen LogP contribution is -2.27. The summed E-state index contributed by atoms with van der Waals surface area (Å²) in [6, 6.07) is 0.506. The Morgan fingerprint density at radius 2 is 1.88 bits per heavy atom. The van der Waals surface area contributed by atoms with Gasteiger partial charge in [0, 0.05) is 6.04 Å². The number of nitrogens with zero attached hydrogens (tertiary/aromatic N) is 2. The predicted octanol–water partition coefficient (Wildman–Crippen LogP) is 2.44. The quantitative estimate of drug-likeness (QED) is 0.751. The number of hydrogen-bond donors (Lipinski definition) is 2. The second kappa shape index (κ2) is 5.14. The molecule has 16 heavy (non-hydrogen) atoms. The fraction of sp³-hybridized carbons (Fsp3) is 0.667. The van der Waals surface area contributed by atoms with Gasteiger partial charge < -0.3 is 11.1 Å². The van der Waals surface area contributed by atoms with E-state index in [1.165, 1.54) is 32.1 Å². The number of nitrogen functional groups attached to an aromatic ring is 1. The molecule has 0 spiro atoms. The lowest BCUT2D eigenvalue weighted by molar-refractivity contribution is 0.454. The molecule has 4 heteroatoms. The van der Waals surface area contributed by atoms with Crippen LogP contribution in [0.5, 0.6) is 0 Å². The second-order valence-corrected chi connectivity index (χ2v) is 4.71. The molecule has 2 atom stereocenters. The Balaban J connectivity index is 1.99. The molecule has 3 N–H and O–H groups in total. The smallest absolute Gasteiger partial charge is 0.222 e. The minimum absolute atomic E-state index is 0.506. The molecule has 1 aromatic heterocycles. The van der Waals surface area contributed by atoms with Gasteiger partial charge in [-0.15, -0.1) is 0 Å². The van der Waals surface area contributed by atoms with Gasteiger partial charge in [-0.25, -0.2) is 9.97 Å². The molecule has 0 bridgehead atoms. The van der Waals surface area contributed by atoms with Crippen LogP contribution in [0.15, 0.2) is 12.4 Å². The lowest BCUT2D eigenvalue weighted by Gasteiger charge is -2.22. The summed E-state index contributed by atoms with van der Waals surface area (Å²) < 4.78 is 0. The molecular weight excluding hydrogens is 200 g/mol. The van der Waals surface area contributed by atoms with E-state index in [-0.39, 0.29) is 0 Å². The highest BCUT2D eigenvalue weighted by molar-refractivity contribution is 5.36. The number of nitrogens with one attached hydrogen (secondary N) is 1. The maximum Gasteiger partial charge on any atom is 0.222 e. The highest BCUT2D eigenvalue weighted by Crippen LogP contribution is 2.24. The van der Waals surface area contributed by atoms with Gasteiger partial charge in [0.05, 0.1) is 18.1 Å². The van der Waals surface area contributed by atoms with Crippen molar-refractivity contribution in [2.75, 3.05) is 11.1 Å². The molecule has 2 rings (SSSR count). The summed E-state index contributed by atoms with van der Waals surface area (Å²) in [6.45, 7) is 2.31. The summed E-state index contributed by atoms with van der Waals surface area (Å²) >= 11 is 0. The number of nitrogens with two attached hydrogens (primary N) is 1. The van der Waals surface area contributed by atoms with Crippen LogP contribution in [0, 0.1) is 5.92 Å². The topological polar surface area (TPSA) is 63.8 Å². The van der Waals surface area contributed by atoms with E-state index in [2.05, 4.69) is 22.2 Å². The molecule has 2 unspecified atom stereocenters. The standard InChI is InChI=1S/C12H20N4/c1-9-5-3-2-4-6-11(9)16-12-14-7-10(13)8-15-12/h7-9,11H,2-6,13H2,1H3,(H,14,15,16). The largest absolute Gasteiger partial charge is 0.396 e. The zero-order valence-corrected chi connectivity index (χ0v) is 9.82. The molecule has 1 saturated carbocycles. The first-order chi connectivity index (χ1) is 7.75. The molecule has 0 aliphatic heterocycles. The molecule has 0 aromatic carbocycles. The van der Waals surface area contributed by atoms with Gasteiger partial charge in [-0.3, -0.25) is 0 Å². The van der Waals surface area contributed by atoms with Gasteiger partial charge in [0.2, 0.25) is 5.95 Å². The van der Waals surface area contributed by atoms with Gasteiger partial charge in [-0.1, -0.05) is 26.2 Å². The highest BCUT2D eigenvalue weighted by Gasteiger charge is 2.20. The van der Waals surface area contributed by atoms with Crippen LogP contribution in [0.2, 0.25) is 0 Å². The lowest BCUT2D eigenvalue weighted by atomic mass is 9.97. The molecule has 88 valence electrons. The van der Waals surface area contributed by atoms with Gasteiger partial charge >= 0.3 is 0 Å². The Kier molecular flexibility index (Phi) is 3.59. The summed E-state index contributed by atoms with van der Waals surface area (Å²) in [4.78, 5) is 8.38. The molecular formula is C12H20N4. The molecule has 4 nitrogen and oxygen atoms in total. The maximum absolute atomic E-state index is 5.56. The van der Waals surface area contributed by atoms with E-state index in [1.807, 2.05) is 0 Å². The van der Waals surface area contributed by atoms with Gasteiger partial charge in [0.25, 0.3) is 0 Å². The maximum atomic E-state index is 5.56. The van der Waals surface area contributed by atoms with Crippen molar-refractivity contribution in [1.82, 2.24) is 9.97 Å². The van der Waals surface area contributed by atoms with Crippen molar-refractivity contribution in [2.24, 2.45) is 5.92 Å². The zero-order valence-electron chi connectivity index (χ0n) is 9.82.